The van der Waals surface area contributed by atoms with Crippen molar-refractivity contribution in [3.63, 3.8) is 0 Å². The lowest BCUT2D eigenvalue weighted by Gasteiger charge is -2.41. The minimum Gasteiger partial charge on any atom is -0.463 e. The molecular formula is C12H16ClN3O7. The second-order valence-electron chi connectivity index (χ2n) is 4.67. The molecular weight excluding hydrogens is 334 g/mol. The highest BCUT2D eigenvalue weighted by atomic mass is 35.5. The fourth-order valence-electron chi connectivity index (χ4n) is 2.05. The second-order valence-corrected chi connectivity index (χ2v) is 5.10. The fourth-order valence-corrected chi connectivity index (χ4v) is 2.38. The largest absolute Gasteiger partial charge is 0.463 e. The third-order valence-electron chi connectivity index (χ3n) is 2.84. The molecule has 1 aliphatic heterocycles. The van der Waals surface area contributed by atoms with Crippen molar-refractivity contribution in [1.82, 2.24) is 0 Å². The number of carbonyl (C=O) groups is 3. The molecule has 1 fully saturated rings. The van der Waals surface area contributed by atoms with Gasteiger partial charge >= 0.3 is 17.9 Å². The van der Waals surface area contributed by atoms with Crippen molar-refractivity contribution < 1.29 is 33.3 Å². The average Bonchev–Trinajstić information content (AvgIpc) is 2.42. The Morgan fingerprint density at radius 1 is 1.13 bits per heavy atom. The standard InChI is InChI=1S/C12H16ClN3O7/c1-5(17)20-4-8-10(21-6(2)18)11(22-7(3)19)9(15-16-14)12(13)23-8/h8-12H,4H2,1-3H3/t8-,9-,10+,11-,12?/m1/s1. The summed E-state index contributed by atoms with van der Waals surface area (Å²) in [5, 5.41) is 3.43. The molecule has 1 aliphatic rings. The predicted octanol–water partition coefficient (Wildman–Crippen LogP) is 1.06. The van der Waals surface area contributed by atoms with Crippen LogP contribution in [0.1, 0.15) is 20.8 Å². The molecule has 1 heterocycles. The Kier molecular flexibility index (Phi) is 7.08. The number of alkyl halides is 1. The van der Waals surface area contributed by atoms with Crippen LogP contribution < -0.4 is 0 Å². The van der Waals surface area contributed by atoms with E-state index in [9.17, 15) is 14.4 Å². The minimum absolute atomic E-state index is 0.281. The summed E-state index contributed by atoms with van der Waals surface area (Å²) in [5.41, 5.74) is 7.46. The lowest BCUT2D eigenvalue weighted by atomic mass is 9.98. The van der Waals surface area contributed by atoms with Crippen LogP contribution in [0.15, 0.2) is 5.11 Å². The number of hydrogen-bond donors (Lipinski definition) is 0. The zero-order valence-electron chi connectivity index (χ0n) is 12.7. The Labute approximate surface area is 136 Å². The molecule has 0 radical (unpaired) electrons. The van der Waals surface area contributed by atoms with E-state index >= 15 is 0 Å². The van der Waals surface area contributed by atoms with Gasteiger partial charge in [0, 0.05) is 25.7 Å². The van der Waals surface area contributed by atoms with Crippen LogP contribution in [0.4, 0.5) is 0 Å². The van der Waals surface area contributed by atoms with Crippen LogP contribution in [0, 0.1) is 0 Å². The number of esters is 3. The maximum Gasteiger partial charge on any atom is 0.303 e. The third-order valence-corrected chi connectivity index (χ3v) is 3.20. The van der Waals surface area contributed by atoms with E-state index in [0.29, 0.717) is 0 Å². The molecule has 23 heavy (non-hydrogen) atoms. The minimum atomic E-state index is -1.18. The molecule has 0 amide bonds. The van der Waals surface area contributed by atoms with E-state index in [1.54, 1.807) is 0 Å². The molecule has 0 aromatic carbocycles. The van der Waals surface area contributed by atoms with Crippen molar-refractivity contribution in [3.05, 3.63) is 10.4 Å². The molecule has 0 N–H and O–H groups in total. The summed E-state index contributed by atoms with van der Waals surface area (Å²) < 4.78 is 20.4. The van der Waals surface area contributed by atoms with Crippen LogP contribution in [0.2, 0.25) is 0 Å². The topological polar surface area (TPSA) is 137 Å². The molecule has 128 valence electrons. The summed E-state index contributed by atoms with van der Waals surface area (Å²) in [6, 6.07) is -1.12. The predicted molar refractivity (Wildman–Crippen MR) is 75.2 cm³/mol. The highest BCUT2D eigenvalue weighted by Gasteiger charge is 2.49. The van der Waals surface area contributed by atoms with Crippen LogP contribution in [-0.4, -0.2) is 54.4 Å². The van der Waals surface area contributed by atoms with Gasteiger partial charge in [0.05, 0.1) is 0 Å². The number of carbonyl (C=O) groups excluding carboxylic acids is 3. The van der Waals surface area contributed by atoms with E-state index in [4.69, 9.17) is 36.1 Å². The highest BCUT2D eigenvalue weighted by Crippen LogP contribution is 2.30. The molecule has 0 aromatic rings. The molecule has 1 unspecified atom stereocenters. The van der Waals surface area contributed by atoms with Gasteiger partial charge in [-0.2, -0.15) is 0 Å². The zero-order chi connectivity index (χ0) is 17.6. The Bertz CT molecular complexity index is 523. The van der Waals surface area contributed by atoms with E-state index in [-0.39, 0.29) is 6.61 Å². The fraction of sp³-hybridized carbons (Fsp3) is 0.750. The van der Waals surface area contributed by atoms with Crippen LogP contribution in [-0.2, 0) is 33.3 Å². The third kappa shape index (κ3) is 5.59. The molecule has 0 spiro atoms. The lowest BCUT2D eigenvalue weighted by molar-refractivity contribution is -0.209. The van der Waals surface area contributed by atoms with Gasteiger partial charge in [-0.3, -0.25) is 14.4 Å². The van der Waals surface area contributed by atoms with E-state index in [0.717, 1.165) is 13.8 Å². The molecule has 1 rings (SSSR count). The summed E-state index contributed by atoms with van der Waals surface area (Å²) >= 11 is 5.99. The summed E-state index contributed by atoms with van der Waals surface area (Å²) in [6.45, 7) is 3.19. The van der Waals surface area contributed by atoms with Crippen molar-refractivity contribution in [2.45, 2.75) is 50.7 Å². The number of halogens is 1. The van der Waals surface area contributed by atoms with Gasteiger partial charge in [-0.25, -0.2) is 0 Å². The van der Waals surface area contributed by atoms with Gasteiger partial charge < -0.3 is 18.9 Å². The van der Waals surface area contributed by atoms with Gasteiger partial charge in [0.25, 0.3) is 0 Å². The molecule has 0 aromatic heterocycles. The molecule has 11 heteroatoms. The van der Waals surface area contributed by atoms with Crippen molar-refractivity contribution in [1.29, 1.82) is 0 Å². The first kappa shape index (κ1) is 19.0. The monoisotopic (exact) mass is 349 g/mol. The summed E-state index contributed by atoms with van der Waals surface area (Å²) in [6.07, 6.45) is -3.31. The zero-order valence-corrected chi connectivity index (χ0v) is 13.4. The quantitative estimate of drug-likeness (QED) is 0.180. The average molecular weight is 350 g/mol. The Balaban J connectivity index is 3.11. The van der Waals surface area contributed by atoms with Gasteiger partial charge in [-0.05, 0) is 5.53 Å². The SMILES string of the molecule is CC(=O)OC[C@H]1OC(Cl)[C@H](N=[N+]=[N-])[C@@H](OC(C)=O)[C@H]1OC(C)=O. The molecule has 0 saturated carbocycles. The summed E-state index contributed by atoms with van der Waals surface area (Å²) in [4.78, 5) is 36.2. The van der Waals surface area contributed by atoms with E-state index in [1.165, 1.54) is 6.92 Å². The van der Waals surface area contributed by atoms with Crippen molar-refractivity contribution in [2.24, 2.45) is 5.11 Å². The number of hydrogen-bond acceptors (Lipinski definition) is 8. The lowest BCUT2D eigenvalue weighted by Crippen LogP contribution is -2.59. The van der Waals surface area contributed by atoms with Gasteiger partial charge in [0.2, 0.25) is 0 Å². The Hall–Kier alpha value is -2.03. The van der Waals surface area contributed by atoms with Crippen molar-refractivity contribution in [2.75, 3.05) is 6.61 Å². The maximum absolute atomic E-state index is 11.3. The van der Waals surface area contributed by atoms with Crippen molar-refractivity contribution >= 4 is 29.5 Å². The van der Waals surface area contributed by atoms with Gasteiger partial charge in [-0.1, -0.05) is 16.7 Å². The normalized spacial score (nSPS) is 29.8. The van der Waals surface area contributed by atoms with Crippen LogP contribution in [0.5, 0.6) is 0 Å². The van der Waals surface area contributed by atoms with E-state index in [2.05, 4.69) is 10.0 Å². The summed E-state index contributed by atoms with van der Waals surface area (Å²) in [5.74, 6) is -1.96. The number of nitrogens with zero attached hydrogens (tertiary/aromatic N) is 3. The van der Waals surface area contributed by atoms with E-state index in [1.807, 2.05) is 0 Å². The van der Waals surface area contributed by atoms with Gasteiger partial charge in [-0.15, -0.1) is 0 Å². The Morgan fingerprint density at radius 3 is 2.17 bits per heavy atom. The summed E-state index contributed by atoms with van der Waals surface area (Å²) in [7, 11) is 0. The Morgan fingerprint density at radius 2 is 1.70 bits per heavy atom. The number of rotatable bonds is 5. The van der Waals surface area contributed by atoms with Crippen LogP contribution in [0.3, 0.4) is 0 Å². The first-order chi connectivity index (χ1) is 10.8. The molecule has 0 aliphatic carbocycles. The smallest absolute Gasteiger partial charge is 0.303 e. The number of azide groups is 1. The maximum atomic E-state index is 11.3. The van der Waals surface area contributed by atoms with Gasteiger partial charge in [0.15, 0.2) is 12.2 Å². The highest BCUT2D eigenvalue weighted by molar-refractivity contribution is 6.20. The van der Waals surface area contributed by atoms with Crippen molar-refractivity contribution in [3.8, 4) is 0 Å². The number of ether oxygens (including phenoxy) is 4. The first-order valence-corrected chi connectivity index (χ1v) is 7.01. The van der Waals surface area contributed by atoms with Crippen LogP contribution in [0.25, 0.3) is 10.4 Å². The molecule has 1 saturated heterocycles. The molecule has 10 nitrogen and oxygen atoms in total. The van der Waals surface area contributed by atoms with Gasteiger partial charge in [0.1, 0.15) is 24.3 Å². The van der Waals surface area contributed by atoms with Crippen LogP contribution >= 0.6 is 11.6 Å². The first-order valence-electron chi connectivity index (χ1n) is 6.57. The second kappa shape index (κ2) is 8.56. The molecule has 0 bridgehead atoms. The van der Waals surface area contributed by atoms with E-state index < -0.39 is 47.8 Å². The molecule has 5 atom stereocenters.